The van der Waals surface area contributed by atoms with Crippen LogP contribution in [0.4, 0.5) is 0 Å². The van der Waals surface area contributed by atoms with E-state index in [2.05, 4.69) is 22.2 Å². The number of esters is 1. The average molecular weight is 375 g/mol. The predicted molar refractivity (Wildman–Crippen MR) is 102 cm³/mol. The third kappa shape index (κ3) is 5.29. The number of rotatable bonds is 7. The molecule has 140 valence electrons. The maximum atomic E-state index is 12.0. The number of benzene rings is 1. The summed E-state index contributed by atoms with van der Waals surface area (Å²) in [6.45, 7) is 7.38. The molecule has 0 saturated carbocycles. The smallest absolute Gasteiger partial charge is 0.310 e. The molecule has 1 aromatic heterocycles. The molecule has 0 spiro atoms. The van der Waals surface area contributed by atoms with Crippen molar-refractivity contribution in [1.29, 1.82) is 0 Å². The number of hydrogen-bond acceptors (Lipinski definition) is 6. The van der Waals surface area contributed by atoms with Crippen LogP contribution in [0.3, 0.4) is 0 Å². The molecule has 0 radical (unpaired) electrons. The molecule has 6 heteroatoms. The van der Waals surface area contributed by atoms with E-state index in [1.54, 1.807) is 11.3 Å². The van der Waals surface area contributed by atoms with Crippen LogP contribution in [-0.2, 0) is 22.7 Å². The highest BCUT2D eigenvalue weighted by Gasteiger charge is 2.27. The number of carbonyl (C=O) groups is 1. The van der Waals surface area contributed by atoms with Crippen LogP contribution in [0.1, 0.15) is 36.0 Å². The fourth-order valence-electron chi connectivity index (χ4n) is 3.15. The molecule has 2 heterocycles. The van der Waals surface area contributed by atoms with Gasteiger partial charge < -0.3 is 9.47 Å². The quantitative estimate of drug-likeness (QED) is 0.690. The number of aromatic nitrogens is 1. The fourth-order valence-corrected chi connectivity index (χ4v) is 3.84. The van der Waals surface area contributed by atoms with Gasteiger partial charge >= 0.3 is 5.97 Å². The molecule has 26 heavy (non-hydrogen) atoms. The first kappa shape index (κ1) is 18.9. The van der Waals surface area contributed by atoms with Gasteiger partial charge in [0.05, 0.1) is 18.2 Å². The average Bonchev–Trinajstić information content (AvgIpc) is 3.09. The van der Waals surface area contributed by atoms with E-state index < -0.39 is 0 Å². The van der Waals surface area contributed by atoms with Crippen LogP contribution in [0.25, 0.3) is 0 Å². The Balaban J connectivity index is 1.50. The molecular formula is C20H26N2O3S. The molecule has 0 bridgehead atoms. The minimum absolute atomic E-state index is 0.00771. The van der Waals surface area contributed by atoms with Crippen LogP contribution in [0.15, 0.2) is 29.6 Å². The van der Waals surface area contributed by atoms with E-state index >= 15 is 0 Å². The Hall–Kier alpha value is -1.92. The summed E-state index contributed by atoms with van der Waals surface area (Å²) >= 11 is 1.62. The van der Waals surface area contributed by atoms with Crippen LogP contribution in [0, 0.1) is 12.8 Å². The van der Waals surface area contributed by atoms with Gasteiger partial charge in [0.15, 0.2) is 0 Å². The Kier molecular flexibility index (Phi) is 6.63. The highest BCUT2D eigenvalue weighted by molar-refractivity contribution is 7.09. The summed E-state index contributed by atoms with van der Waals surface area (Å²) in [7, 11) is 0. The summed E-state index contributed by atoms with van der Waals surface area (Å²) in [5.41, 5.74) is 2.26. The lowest BCUT2D eigenvalue weighted by molar-refractivity contribution is -0.150. The lowest BCUT2D eigenvalue weighted by atomic mass is 9.98. The second-order valence-corrected chi connectivity index (χ2v) is 7.60. The molecule has 1 aromatic carbocycles. The Bertz CT molecular complexity index is 714. The van der Waals surface area contributed by atoms with E-state index in [1.165, 1.54) is 5.56 Å². The molecule has 0 amide bonds. The SMILES string of the molecule is CCOC(=O)C1CCCN(Cc2csc(COc3ccc(C)cc3)n2)C1. The minimum atomic E-state index is -0.0670. The predicted octanol–water partition coefficient (Wildman–Crippen LogP) is 3.81. The maximum absolute atomic E-state index is 12.0. The van der Waals surface area contributed by atoms with Gasteiger partial charge in [-0.1, -0.05) is 17.7 Å². The normalized spacial score (nSPS) is 17.8. The third-order valence-corrected chi connectivity index (χ3v) is 5.36. The van der Waals surface area contributed by atoms with Gasteiger partial charge in [-0.05, 0) is 45.4 Å². The van der Waals surface area contributed by atoms with Crippen molar-refractivity contribution in [3.8, 4) is 5.75 Å². The number of thiazole rings is 1. The summed E-state index contributed by atoms with van der Waals surface area (Å²) < 4.78 is 11.0. The van der Waals surface area contributed by atoms with Crippen molar-refractivity contribution in [2.24, 2.45) is 5.92 Å². The number of ether oxygens (including phenoxy) is 2. The van der Waals surface area contributed by atoms with Crippen LogP contribution in [-0.4, -0.2) is 35.5 Å². The van der Waals surface area contributed by atoms with Crippen molar-refractivity contribution in [2.45, 2.75) is 39.8 Å². The van der Waals surface area contributed by atoms with Crippen LogP contribution in [0.5, 0.6) is 5.75 Å². The van der Waals surface area contributed by atoms with Crippen LogP contribution < -0.4 is 4.74 Å². The largest absolute Gasteiger partial charge is 0.486 e. The number of nitrogens with zero attached hydrogens (tertiary/aromatic N) is 2. The number of carbonyl (C=O) groups excluding carboxylic acids is 1. The highest BCUT2D eigenvalue weighted by atomic mass is 32.1. The molecule has 1 aliphatic heterocycles. The highest BCUT2D eigenvalue weighted by Crippen LogP contribution is 2.21. The van der Waals surface area contributed by atoms with Gasteiger partial charge in [-0.25, -0.2) is 4.98 Å². The van der Waals surface area contributed by atoms with E-state index in [0.717, 1.165) is 48.9 Å². The number of hydrogen-bond donors (Lipinski definition) is 0. The van der Waals surface area contributed by atoms with Gasteiger partial charge in [-0.2, -0.15) is 0 Å². The molecule has 0 aliphatic carbocycles. The van der Waals surface area contributed by atoms with Gasteiger partial charge in [0.2, 0.25) is 0 Å². The second-order valence-electron chi connectivity index (χ2n) is 6.66. The summed E-state index contributed by atoms with van der Waals surface area (Å²) in [4.78, 5) is 18.9. The van der Waals surface area contributed by atoms with E-state index in [0.29, 0.717) is 13.2 Å². The number of piperidine rings is 1. The molecule has 1 saturated heterocycles. The topological polar surface area (TPSA) is 51.7 Å². The van der Waals surface area contributed by atoms with Gasteiger partial charge in [0.1, 0.15) is 17.4 Å². The molecule has 3 rings (SSSR count). The van der Waals surface area contributed by atoms with Crippen LogP contribution >= 0.6 is 11.3 Å². The van der Waals surface area contributed by atoms with Crippen molar-refractivity contribution >= 4 is 17.3 Å². The fraction of sp³-hybridized carbons (Fsp3) is 0.500. The van der Waals surface area contributed by atoms with Crippen molar-refractivity contribution in [3.63, 3.8) is 0 Å². The Labute approximate surface area is 159 Å². The van der Waals surface area contributed by atoms with Crippen molar-refractivity contribution in [3.05, 3.63) is 45.9 Å². The van der Waals surface area contributed by atoms with E-state index in [-0.39, 0.29) is 11.9 Å². The zero-order valence-corrected chi connectivity index (χ0v) is 16.3. The van der Waals surface area contributed by atoms with E-state index in [4.69, 9.17) is 9.47 Å². The lowest BCUT2D eigenvalue weighted by Crippen LogP contribution is -2.39. The standard InChI is InChI=1S/C20H26N2O3S/c1-3-24-20(23)16-5-4-10-22(11-16)12-17-14-26-19(21-17)13-25-18-8-6-15(2)7-9-18/h6-9,14,16H,3-5,10-13H2,1-2H3. The van der Waals surface area contributed by atoms with E-state index in [1.807, 2.05) is 31.2 Å². The Morgan fingerprint density at radius 2 is 2.15 bits per heavy atom. The first-order valence-corrected chi connectivity index (χ1v) is 10.0. The summed E-state index contributed by atoms with van der Waals surface area (Å²) in [6, 6.07) is 8.04. The van der Waals surface area contributed by atoms with Crippen molar-refractivity contribution < 1.29 is 14.3 Å². The molecule has 1 aliphatic rings. The zero-order chi connectivity index (χ0) is 18.4. The lowest BCUT2D eigenvalue weighted by Gasteiger charge is -2.30. The molecular weight excluding hydrogens is 348 g/mol. The Morgan fingerprint density at radius 1 is 1.35 bits per heavy atom. The minimum Gasteiger partial charge on any atom is -0.486 e. The molecule has 0 N–H and O–H groups in total. The molecule has 2 aromatic rings. The van der Waals surface area contributed by atoms with Gasteiger partial charge in [0, 0.05) is 18.5 Å². The monoisotopic (exact) mass is 374 g/mol. The zero-order valence-electron chi connectivity index (χ0n) is 15.4. The third-order valence-electron chi connectivity index (χ3n) is 4.49. The summed E-state index contributed by atoms with van der Waals surface area (Å²) in [5.74, 6) is 0.787. The maximum Gasteiger partial charge on any atom is 0.310 e. The van der Waals surface area contributed by atoms with Crippen LogP contribution in [0.2, 0.25) is 0 Å². The van der Waals surface area contributed by atoms with Gasteiger partial charge in [-0.3, -0.25) is 9.69 Å². The second kappa shape index (κ2) is 9.14. The first-order valence-electron chi connectivity index (χ1n) is 9.15. The van der Waals surface area contributed by atoms with Gasteiger partial charge in [0.25, 0.3) is 0 Å². The molecule has 1 unspecified atom stereocenters. The van der Waals surface area contributed by atoms with Crippen molar-refractivity contribution in [1.82, 2.24) is 9.88 Å². The molecule has 1 atom stereocenters. The summed E-state index contributed by atoms with van der Waals surface area (Å²) in [5, 5.41) is 3.06. The van der Waals surface area contributed by atoms with Crippen molar-refractivity contribution in [2.75, 3.05) is 19.7 Å². The first-order chi connectivity index (χ1) is 12.6. The number of aryl methyl sites for hydroxylation is 1. The van der Waals surface area contributed by atoms with E-state index in [9.17, 15) is 4.79 Å². The molecule has 5 nitrogen and oxygen atoms in total. The number of likely N-dealkylation sites (tertiary alicyclic amines) is 1. The van der Waals surface area contributed by atoms with Gasteiger partial charge in [-0.15, -0.1) is 11.3 Å². The molecule has 1 fully saturated rings. The summed E-state index contributed by atoms with van der Waals surface area (Å²) in [6.07, 6.45) is 1.94. The Morgan fingerprint density at radius 3 is 2.92 bits per heavy atom.